The highest BCUT2D eigenvalue weighted by Gasteiger charge is 2.04. The zero-order valence-corrected chi connectivity index (χ0v) is 12.8. The number of aryl methyl sites for hydroxylation is 1. The van der Waals surface area contributed by atoms with Gasteiger partial charge in [-0.2, -0.15) is 4.98 Å². The summed E-state index contributed by atoms with van der Waals surface area (Å²) in [6.07, 6.45) is 2.75. The van der Waals surface area contributed by atoms with Crippen LogP contribution in [0, 0.1) is 0 Å². The summed E-state index contributed by atoms with van der Waals surface area (Å²) in [5, 5.41) is 3.35. The summed E-state index contributed by atoms with van der Waals surface area (Å²) in [5.41, 5.74) is 1.32. The Labute approximate surface area is 126 Å². The van der Waals surface area contributed by atoms with E-state index in [9.17, 15) is 0 Å². The highest BCUT2D eigenvalue weighted by atomic mass is 16.5. The van der Waals surface area contributed by atoms with E-state index in [0.29, 0.717) is 12.5 Å². The lowest BCUT2D eigenvalue weighted by Gasteiger charge is -2.10. The minimum absolute atomic E-state index is 0.658. The molecule has 1 N–H and O–H groups in total. The maximum absolute atomic E-state index is 5.61. The van der Waals surface area contributed by atoms with Crippen LogP contribution in [-0.4, -0.2) is 23.1 Å². The third-order valence-corrected chi connectivity index (χ3v) is 3.08. The number of benzene rings is 1. The number of nitrogens with one attached hydrogen (secondary N) is 1. The molecular weight excluding hydrogens is 262 g/mol. The van der Waals surface area contributed by atoms with Crippen molar-refractivity contribution in [1.29, 1.82) is 0 Å². The molecule has 0 saturated heterocycles. The van der Waals surface area contributed by atoms with Crippen LogP contribution in [0.4, 0.5) is 5.82 Å². The normalized spacial score (nSPS) is 10.4. The Hall–Kier alpha value is -2.10. The first-order valence-corrected chi connectivity index (χ1v) is 7.60. The molecule has 0 unspecified atom stereocenters. The maximum Gasteiger partial charge on any atom is 0.218 e. The van der Waals surface area contributed by atoms with Gasteiger partial charge in [-0.05, 0) is 18.4 Å². The van der Waals surface area contributed by atoms with E-state index < -0.39 is 0 Å². The lowest BCUT2D eigenvalue weighted by Crippen LogP contribution is -2.09. The monoisotopic (exact) mass is 285 g/mol. The molecule has 1 heterocycles. The van der Waals surface area contributed by atoms with Gasteiger partial charge in [-0.25, -0.2) is 4.98 Å². The first-order chi connectivity index (χ1) is 10.3. The Morgan fingerprint density at radius 3 is 2.62 bits per heavy atom. The summed E-state index contributed by atoms with van der Waals surface area (Å²) in [5.74, 6) is 2.31. The van der Waals surface area contributed by atoms with Gasteiger partial charge in [0.1, 0.15) is 11.6 Å². The SMILES string of the molecule is CCCOc1cc(NCCc2ccccc2)nc(CC)n1. The van der Waals surface area contributed by atoms with Gasteiger partial charge in [-0.1, -0.05) is 44.2 Å². The molecule has 0 radical (unpaired) electrons. The molecular formula is C17H23N3O. The molecule has 1 aromatic carbocycles. The Bertz CT molecular complexity index is 543. The average Bonchev–Trinajstić information content (AvgIpc) is 2.53. The van der Waals surface area contributed by atoms with E-state index >= 15 is 0 Å². The first kappa shape index (κ1) is 15.3. The summed E-state index contributed by atoms with van der Waals surface area (Å²) in [6, 6.07) is 12.3. The van der Waals surface area contributed by atoms with Crippen molar-refractivity contribution in [3.05, 3.63) is 47.8 Å². The van der Waals surface area contributed by atoms with Crippen molar-refractivity contribution in [1.82, 2.24) is 9.97 Å². The minimum atomic E-state index is 0.658. The molecule has 0 amide bonds. The third-order valence-electron chi connectivity index (χ3n) is 3.08. The van der Waals surface area contributed by atoms with Crippen LogP contribution in [0.25, 0.3) is 0 Å². The molecule has 4 heteroatoms. The number of hydrogen-bond donors (Lipinski definition) is 1. The molecule has 21 heavy (non-hydrogen) atoms. The van der Waals surface area contributed by atoms with E-state index in [1.807, 2.05) is 19.1 Å². The summed E-state index contributed by atoms with van der Waals surface area (Å²) in [4.78, 5) is 8.87. The van der Waals surface area contributed by atoms with E-state index in [4.69, 9.17) is 4.74 Å². The summed E-state index contributed by atoms with van der Waals surface area (Å²) in [6.45, 7) is 5.66. The van der Waals surface area contributed by atoms with Crippen molar-refractivity contribution in [2.24, 2.45) is 0 Å². The fourth-order valence-corrected chi connectivity index (χ4v) is 1.98. The van der Waals surface area contributed by atoms with Crippen molar-refractivity contribution in [2.45, 2.75) is 33.1 Å². The molecule has 0 aliphatic carbocycles. The van der Waals surface area contributed by atoms with Crippen LogP contribution in [0.15, 0.2) is 36.4 Å². The fraction of sp³-hybridized carbons (Fsp3) is 0.412. The second kappa shape index (κ2) is 8.25. The van der Waals surface area contributed by atoms with E-state index in [2.05, 4.69) is 46.5 Å². The number of hydrogen-bond acceptors (Lipinski definition) is 4. The summed E-state index contributed by atoms with van der Waals surface area (Å²) >= 11 is 0. The van der Waals surface area contributed by atoms with Gasteiger partial charge in [0.2, 0.25) is 5.88 Å². The third kappa shape index (κ3) is 5.06. The van der Waals surface area contributed by atoms with Crippen molar-refractivity contribution in [3.8, 4) is 5.88 Å². The molecule has 0 atom stereocenters. The van der Waals surface area contributed by atoms with Crippen molar-refractivity contribution >= 4 is 5.82 Å². The van der Waals surface area contributed by atoms with Crippen LogP contribution in [0.2, 0.25) is 0 Å². The predicted molar refractivity (Wildman–Crippen MR) is 85.8 cm³/mol. The second-order valence-corrected chi connectivity index (χ2v) is 4.87. The van der Waals surface area contributed by atoms with Crippen molar-refractivity contribution in [2.75, 3.05) is 18.5 Å². The lowest BCUT2D eigenvalue weighted by molar-refractivity contribution is 0.304. The molecule has 1 aromatic heterocycles. The molecule has 0 saturated carbocycles. The highest BCUT2D eigenvalue weighted by molar-refractivity contribution is 5.38. The number of anilines is 1. The van der Waals surface area contributed by atoms with Crippen LogP contribution in [-0.2, 0) is 12.8 Å². The van der Waals surface area contributed by atoms with Gasteiger partial charge in [0.15, 0.2) is 0 Å². The molecule has 0 bridgehead atoms. The Kier molecular flexibility index (Phi) is 6.00. The quantitative estimate of drug-likeness (QED) is 0.806. The first-order valence-electron chi connectivity index (χ1n) is 7.60. The zero-order chi connectivity index (χ0) is 14.9. The standard InChI is InChI=1S/C17H23N3O/c1-3-12-21-17-13-16(19-15(4-2)20-17)18-11-10-14-8-6-5-7-9-14/h5-9,13H,3-4,10-12H2,1-2H3,(H,18,19,20). The molecule has 0 fully saturated rings. The molecule has 112 valence electrons. The molecule has 0 aliphatic rings. The molecule has 0 aliphatic heterocycles. The van der Waals surface area contributed by atoms with Crippen LogP contribution < -0.4 is 10.1 Å². The van der Waals surface area contributed by atoms with Crippen LogP contribution >= 0.6 is 0 Å². The van der Waals surface area contributed by atoms with Crippen molar-refractivity contribution < 1.29 is 4.74 Å². The van der Waals surface area contributed by atoms with Crippen LogP contribution in [0.5, 0.6) is 5.88 Å². The summed E-state index contributed by atoms with van der Waals surface area (Å²) < 4.78 is 5.61. The number of aromatic nitrogens is 2. The number of rotatable bonds is 8. The van der Waals surface area contributed by atoms with Crippen molar-refractivity contribution in [3.63, 3.8) is 0 Å². The van der Waals surface area contributed by atoms with Gasteiger partial charge in [0, 0.05) is 19.0 Å². The highest BCUT2D eigenvalue weighted by Crippen LogP contribution is 2.14. The molecule has 2 rings (SSSR count). The predicted octanol–water partition coefficient (Wildman–Crippen LogP) is 3.48. The van der Waals surface area contributed by atoms with E-state index in [1.165, 1.54) is 5.56 Å². The largest absolute Gasteiger partial charge is 0.478 e. The summed E-state index contributed by atoms with van der Waals surface area (Å²) in [7, 11) is 0. The molecule has 2 aromatic rings. The zero-order valence-electron chi connectivity index (χ0n) is 12.8. The fourth-order valence-electron chi connectivity index (χ4n) is 1.98. The number of nitrogens with zero attached hydrogens (tertiary/aromatic N) is 2. The topological polar surface area (TPSA) is 47.0 Å². The van der Waals surface area contributed by atoms with E-state index in [-0.39, 0.29) is 0 Å². The van der Waals surface area contributed by atoms with Gasteiger partial charge in [-0.15, -0.1) is 0 Å². The van der Waals surface area contributed by atoms with Gasteiger partial charge in [-0.3, -0.25) is 0 Å². The molecule has 4 nitrogen and oxygen atoms in total. The van der Waals surface area contributed by atoms with Gasteiger partial charge < -0.3 is 10.1 Å². The van der Waals surface area contributed by atoms with E-state index in [1.54, 1.807) is 0 Å². The average molecular weight is 285 g/mol. The van der Waals surface area contributed by atoms with Gasteiger partial charge in [0.25, 0.3) is 0 Å². The maximum atomic E-state index is 5.61. The number of ether oxygens (including phenoxy) is 1. The second-order valence-electron chi connectivity index (χ2n) is 4.87. The minimum Gasteiger partial charge on any atom is -0.478 e. The van der Waals surface area contributed by atoms with Gasteiger partial charge in [0.05, 0.1) is 6.61 Å². The lowest BCUT2D eigenvalue weighted by atomic mass is 10.1. The Balaban J connectivity index is 1.95. The van der Waals surface area contributed by atoms with Crippen LogP contribution in [0.3, 0.4) is 0 Å². The van der Waals surface area contributed by atoms with Crippen LogP contribution in [0.1, 0.15) is 31.7 Å². The Morgan fingerprint density at radius 2 is 1.90 bits per heavy atom. The van der Waals surface area contributed by atoms with Gasteiger partial charge >= 0.3 is 0 Å². The van der Waals surface area contributed by atoms with E-state index in [0.717, 1.165) is 37.4 Å². The smallest absolute Gasteiger partial charge is 0.218 e. The Morgan fingerprint density at radius 1 is 1.10 bits per heavy atom. The molecule has 0 spiro atoms.